The summed E-state index contributed by atoms with van der Waals surface area (Å²) in [5.74, 6) is -0.817. The standard InChI is InChI=1S/C9H10F2N2O2/c1-15-9(14)6-2-5(3-12)13-4-7(6)8(10)11/h2,4,8H,3,12H2,1H3. The van der Waals surface area contributed by atoms with Crippen LogP contribution in [0.25, 0.3) is 0 Å². The van der Waals surface area contributed by atoms with Crippen LogP contribution in [0.15, 0.2) is 12.3 Å². The second kappa shape index (κ2) is 4.79. The Labute approximate surface area is 85.1 Å². The molecule has 0 aliphatic heterocycles. The summed E-state index contributed by atoms with van der Waals surface area (Å²) in [4.78, 5) is 14.9. The molecule has 0 saturated heterocycles. The van der Waals surface area contributed by atoms with E-state index in [-0.39, 0.29) is 12.1 Å². The minimum atomic E-state index is -2.77. The molecule has 1 aromatic heterocycles. The van der Waals surface area contributed by atoms with E-state index in [9.17, 15) is 13.6 Å². The molecule has 0 saturated carbocycles. The third-order valence-electron chi connectivity index (χ3n) is 1.84. The molecule has 0 aliphatic carbocycles. The first-order chi connectivity index (χ1) is 7.10. The Morgan fingerprint density at radius 1 is 1.67 bits per heavy atom. The maximum Gasteiger partial charge on any atom is 0.338 e. The van der Waals surface area contributed by atoms with Gasteiger partial charge in [-0.1, -0.05) is 0 Å². The fourth-order valence-corrected chi connectivity index (χ4v) is 1.08. The van der Waals surface area contributed by atoms with Gasteiger partial charge in [-0.3, -0.25) is 4.98 Å². The number of ether oxygens (including phenoxy) is 1. The topological polar surface area (TPSA) is 65.2 Å². The summed E-state index contributed by atoms with van der Waals surface area (Å²) >= 11 is 0. The number of carbonyl (C=O) groups is 1. The Morgan fingerprint density at radius 3 is 2.80 bits per heavy atom. The normalized spacial score (nSPS) is 10.5. The molecule has 0 unspecified atom stereocenters. The number of nitrogens with zero attached hydrogens (tertiary/aromatic N) is 1. The van der Waals surface area contributed by atoms with Crippen LogP contribution in [0.5, 0.6) is 0 Å². The zero-order valence-corrected chi connectivity index (χ0v) is 8.04. The highest BCUT2D eigenvalue weighted by molar-refractivity contribution is 5.91. The van der Waals surface area contributed by atoms with Crippen LogP contribution in [0.4, 0.5) is 8.78 Å². The smallest absolute Gasteiger partial charge is 0.338 e. The van der Waals surface area contributed by atoms with Crippen molar-refractivity contribution in [1.82, 2.24) is 4.98 Å². The fourth-order valence-electron chi connectivity index (χ4n) is 1.08. The summed E-state index contributed by atoms with van der Waals surface area (Å²) in [7, 11) is 1.13. The zero-order valence-electron chi connectivity index (χ0n) is 8.04. The van der Waals surface area contributed by atoms with Crippen molar-refractivity contribution in [2.75, 3.05) is 7.11 Å². The van der Waals surface area contributed by atoms with Gasteiger partial charge < -0.3 is 10.5 Å². The van der Waals surface area contributed by atoms with Gasteiger partial charge in [-0.25, -0.2) is 13.6 Å². The lowest BCUT2D eigenvalue weighted by Gasteiger charge is -2.07. The van der Waals surface area contributed by atoms with Gasteiger partial charge >= 0.3 is 5.97 Å². The number of carbonyl (C=O) groups excluding carboxylic acids is 1. The molecule has 0 fully saturated rings. The van der Waals surface area contributed by atoms with Crippen LogP contribution in [0, 0.1) is 0 Å². The first kappa shape index (κ1) is 11.5. The van der Waals surface area contributed by atoms with Crippen molar-refractivity contribution in [3.63, 3.8) is 0 Å². The number of nitrogens with two attached hydrogens (primary N) is 1. The van der Waals surface area contributed by atoms with Gasteiger partial charge in [-0.2, -0.15) is 0 Å². The van der Waals surface area contributed by atoms with Crippen LogP contribution < -0.4 is 5.73 Å². The number of rotatable bonds is 3. The number of esters is 1. The Bertz CT molecular complexity index is 369. The highest BCUT2D eigenvalue weighted by Crippen LogP contribution is 2.23. The van der Waals surface area contributed by atoms with E-state index in [1.165, 1.54) is 6.07 Å². The van der Waals surface area contributed by atoms with Gasteiger partial charge in [-0.15, -0.1) is 0 Å². The molecule has 1 heterocycles. The molecule has 15 heavy (non-hydrogen) atoms. The fraction of sp³-hybridized carbons (Fsp3) is 0.333. The predicted octanol–water partition coefficient (Wildman–Crippen LogP) is 1.26. The minimum Gasteiger partial charge on any atom is -0.465 e. The van der Waals surface area contributed by atoms with Gasteiger partial charge in [0, 0.05) is 12.7 Å². The first-order valence-corrected chi connectivity index (χ1v) is 4.15. The molecule has 0 amide bonds. The summed E-state index contributed by atoms with van der Waals surface area (Å²) in [5, 5.41) is 0. The molecule has 0 radical (unpaired) electrons. The SMILES string of the molecule is COC(=O)c1cc(CN)ncc1C(F)F. The average Bonchev–Trinajstić information content (AvgIpc) is 2.26. The molecule has 1 rings (SSSR count). The Kier molecular flexibility index (Phi) is 3.68. The summed E-state index contributed by atoms with van der Waals surface area (Å²) in [5.41, 5.74) is 5.01. The van der Waals surface area contributed by atoms with E-state index in [1.807, 2.05) is 0 Å². The molecule has 0 bridgehead atoms. The van der Waals surface area contributed by atoms with Crippen LogP contribution in [-0.4, -0.2) is 18.1 Å². The summed E-state index contributed by atoms with van der Waals surface area (Å²) < 4.78 is 29.3. The first-order valence-electron chi connectivity index (χ1n) is 4.15. The number of pyridine rings is 1. The van der Waals surface area contributed by atoms with Crippen molar-refractivity contribution < 1.29 is 18.3 Å². The zero-order chi connectivity index (χ0) is 11.4. The van der Waals surface area contributed by atoms with Crippen molar-refractivity contribution >= 4 is 5.97 Å². The van der Waals surface area contributed by atoms with Crippen LogP contribution in [0.1, 0.15) is 28.0 Å². The van der Waals surface area contributed by atoms with E-state index in [2.05, 4.69) is 9.72 Å². The molecule has 0 spiro atoms. The Morgan fingerprint density at radius 2 is 2.33 bits per heavy atom. The van der Waals surface area contributed by atoms with Gasteiger partial charge in [-0.05, 0) is 6.07 Å². The molecule has 0 atom stereocenters. The van der Waals surface area contributed by atoms with Crippen LogP contribution in [-0.2, 0) is 11.3 Å². The summed E-state index contributed by atoms with van der Waals surface area (Å²) in [6.07, 6.45) is -1.82. The lowest BCUT2D eigenvalue weighted by Crippen LogP contribution is -2.10. The van der Waals surface area contributed by atoms with Gasteiger partial charge in [0.25, 0.3) is 6.43 Å². The van der Waals surface area contributed by atoms with Crippen LogP contribution in [0.2, 0.25) is 0 Å². The molecule has 6 heteroatoms. The van der Waals surface area contributed by atoms with Gasteiger partial charge in [0.15, 0.2) is 0 Å². The maximum atomic E-state index is 12.5. The van der Waals surface area contributed by atoms with Gasteiger partial charge in [0.1, 0.15) is 0 Å². The van der Waals surface area contributed by atoms with E-state index in [1.54, 1.807) is 0 Å². The van der Waals surface area contributed by atoms with Crippen molar-refractivity contribution in [1.29, 1.82) is 0 Å². The minimum absolute atomic E-state index is 0.0769. The number of hydrogen-bond acceptors (Lipinski definition) is 4. The van der Waals surface area contributed by atoms with Crippen LogP contribution >= 0.6 is 0 Å². The third kappa shape index (κ3) is 2.47. The number of aromatic nitrogens is 1. The molecule has 82 valence electrons. The van der Waals surface area contributed by atoms with E-state index < -0.39 is 18.0 Å². The maximum absolute atomic E-state index is 12.5. The molecule has 4 nitrogen and oxygen atoms in total. The molecule has 0 aromatic carbocycles. The largest absolute Gasteiger partial charge is 0.465 e. The van der Waals surface area contributed by atoms with Crippen molar-refractivity contribution in [2.24, 2.45) is 5.73 Å². The lowest BCUT2D eigenvalue weighted by molar-refractivity contribution is 0.0589. The van der Waals surface area contributed by atoms with Crippen molar-refractivity contribution in [3.05, 3.63) is 29.1 Å². The van der Waals surface area contributed by atoms with E-state index in [4.69, 9.17) is 5.73 Å². The van der Waals surface area contributed by atoms with Crippen LogP contribution in [0.3, 0.4) is 0 Å². The monoisotopic (exact) mass is 216 g/mol. The van der Waals surface area contributed by atoms with Crippen molar-refractivity contribution in [2.45, 2.75) is 13.0 Å². The number of alkyl halides is 2. The highest BCUT2D eigenvalue weighted by Gasteiger charge is 2.19. The number of methoxy groups -OCH3 is 1. The second-order valence-corrected chi connectivity index (χ2v) is 2.76. The highest BCUT2D eigenvalue weighted by atomic mass is 19.3. The Hall–Kier alpha value is -1.56. The third-order valence-corrected chi connectivity index (χ3v) is 1.84. The molecule has 1 aromatic rings. The summed E-state index contributed by atoms with van der Waals surface area (Å²) in [6, 6.07) is 1.22. The number of halogens is 2. The molecular weight excluding hydrogens is 206 g/mol. The quantitative estimate of drug-likeness (QED) is 0.772. The number of hydrogen-bond donors (Lipinski definition) is 1. The molecule has 2 N–H and O–H groups in total. The second-order valence-electron chi connectivity index (χ2n) is 2.76. The van der Waals surface area contributed by atoms with E-state index in [0.717, 1.165) is 13.3 Å². The van der Waals surface area contributed by atoms with Crippen molar-refractivity contribution in [3.8, 4) is 0 Å². The summed E-state index contributed by atoms with van der Waals surface area (Å²) in [6.45, 7) is 0.0769. The lowest BCUT2D eigenvalue weighted by atomic mass is 10.1. The predicted molar refractivity (Wildman–Crippen MR) is 48.4 cm³/mol. The van der Waals surface area contributed by atoms with Gasteiger partial charge in [0.2, 0.25) is 0 Å². The molecular formula is C9H10F2N2O2. The van der Waals surface area contributed by atoms with E-state index >= 15 is 0 Å². The molecule has 0 aliphatic rings. The van der Waals surface area contributed by atoms with Gasteiger partial charge in [0.05, 0.1) is 23.9 Å². The average molecular weight is 216 g/mol. The Balaban J connectivity index is 3.22. The van der Waals surface area contributed by atoms with E-state index in [0.29, 0.717) is 5.69 Å².